The summed E-state index contributed by atoms with van der Waals surface area (Å²) in [5, 5.41) is 14.4. The summed E-state index contributed by atoms with van der Waals surface area (Å²) < 4.78 is 0.699. The third-order valence-electron chi connectivity index (χ3n) is 3.76. The van der Waals surface area contributed by atoms with Crippen molar-refractivity contribution in [1.82, 2.24) is 10.3 Å². The van der Waals surface area contributed by atoms with E-state index in [-0.39, 0.29) is 10.6 Å². The maximum Gasteiger partial charge on any atom is 0.311 e. The summed E-state index contributed by atoms with van der Waals surface area (Å²) in [5.41, 5.74) is 0.752. The van der Waals surface area contributed by atoms with Gasteiger partial charge in [-0.15, -0.1) is 0 Å². The van der Waals surface area contributed by atoms with E-state index in [1.54, 1.807) is 6.20 Å². The van der Waals surface area contributed by atoms with E-state index in [9.17, 15) is 10.1 Å². The zero-order valence-electron chi connectivity index (χ0n) is 9.67. The first-order valence-electron chi connectivity index (χ1n) is 5.90. The van der Waals surface area contributed by atoms with Crippen molar-refractivity contribution < 1.29 is 4.92 Å². The molecule has 1 N–H and O–H groups in total. The van der Waals surface area contributed by atoms with Crippen LogP contribution in [0.2, 0.25) is 0 Å². The summed E-state index contributed by atoms with van der Waals surface area (Å²) in [4.78, 5) is 16.7. The highest BCUT2D eigenvalue weighted by atomic mass is 79.9. The summed E-state index contributed by atoms with van der Waals surface area (Å²) in [7, 11) is 0. The molecule has 2 aliphatic heterocycles. The molecule has 0 saturated carbocycles. The van der Waals surface area contributed by atoms with Crippen LogP contribution in [0.1, 0.15) is 0 Å². The van der Waals surface area contributed by atoms with Gasteiger partial charge in [-0.25, -0.2) is 0 Å². The number of rotatable bonds is 2. The molecule has 1 aromatic heterocycles. The third kappa shape index (κ3) is 1.87. The first-order chi connectivity index (χ1) is 8.66. The van der Waals surface area contributed by atoms with Crippen LogP contribution in [0.4, 0.5) is 11.4 Å². The Labute approximate surface area is 113 Å². The summed E-state index contributed by atoms with van der Waals surface area (Å²) in [6.45, 7) is 3.78. The quantitative estimate of drug-likeness (QED) is 0.660. The Bertz CT molecular complexity index is 484. The Morgan fingerprint density at radius 2 is 2.06 bits per heavy atom. The highest BCUT2D eigenvalue weighted by molar-refractivity contribution is 9.10. The van der Waals surface area contributed by atoms with E-state index in [0.29, 0.717) is 22.0 Å². The van der Waals surface area contributed by atoms with Crippen LogP contribution in [0.3, 0.4) is 0 Å². The van der Waals surface area contributed by atoms with E-state index >= 15 is 0 Å². The van der Waals surface area contributed by atoms with Gasteiger partial charge in [-0.1, -0.05) is 0 Å². The van der Waals surface area contributed by atoms with Gasteiger partial charge in [0.2, 0.25) is 0 Å². The highest BCUT2D eigenvalue weighted by Gasteiger charge is 2.38. The number of nitro groups is 1. The molecule has 2 fully saturated rings. The number of anilines is 1. The molecule has 2 saturated heterocycles. The lowest BCUT2D eigenvalue weighted by Gasteiger charge is -2.20. The first kappa shape index (κ1) is 11.9. The van der Waals surface area contributed by atoms with E-state index in [1.807, 2.05) is 0 Å². The molecule has 7 heteroatoms. The van der Waals surface area contributed by atoms with Gasteiger partial charge < -0.3 is 10.2 Å². The van der Waals surface area contributed by atoms with Crippen molar-refractivity contribution >= 4 is 27.3 Å². The van der Waals surface area contributed by atoms with Crippen molar-refractivity contribution in [1.29, 1.82) is 0 Å². The fraction of sp³-hybridized carbons (Fsp3) is 0.545. The van der Waals surface area contributed by atoms with Gasteiger partial charge in [0.15, 0.2) is 0 Å². The number of aromatic nitrogens is 1. The summed E-state index contributed by atoms with van der Waals surface area (Å²) in [6.07, 6.45) is 2.95. The second-order valence-corrected chi connectivity index (χ2v) is 5.68. The topological polar surface area (TPSA) is 71.3 Å². The van der Waals surface area contributed by atoms with Gasteiger partial charge in [0, 0.05) is 32.4 Å². The monoisotopic (exact) mass is 312 g/mol. The molecule has 0 aromatic carbocycles. The minimum absolute atomic E-state index is 0.0808. The number of nitrogens with one attached hydrogen (secondary N) is 1. The lowest BCUT2D eigenvalue weighted by Crippen LogP contribution is -2.26. The maximum atomic E-state index is 11.1. The summed E-state index contributed by atoms with van der Waals surface area (Å²) >= 11 is 3.38. The standard InChI is InChI=1S/C11H13BrN4O2/c12-9-3-14-4-10(16(17)18)11(9)15-5-7-1-13-2-8(7)6-15/h3-4,7-8,13H,1-2,5-6H2. The van der Waals surface area contributed by atoms with Crippen molar-refractivity contribution in [2.45, 2.75) is 0 Å². The van der Waals surface area contributed by atoms with E-state index in [1.165, 1.54) is 6.20 Å². The van der Waals surface area contributed by atoms with Crippen molar-refractivity contribution in [2.24, 2.45) is 11.8 Å². The molecule has 3 rings (SSSR count). The van der Waals surface area contributed by atoms with Crippen LogP contribution in [-0.2, 0) is 0 Å². The van der Waals surface area contributed by atoms with Crippen LogP contribution in [0.15, 0.2) is 16.9 Å². The first-order valence-corrected chi connectivity index (χ1v) is 6.69. The van der Waals surface area contributed by atoms with Crippen molar-refractivity contribution in [2.75, 3.05) is 31.1 Å². The molecule has 2 aliphatic rings. The molecule has 0 aliphatic carbocycles. The van der Waals surface area contributed by atoms with Crippen LogP contribution in [-0.4, -0.2) is 36.1 Å². The van der Waals surface area contributed by atoms with Crippen LogP contribution in [0.5, 0.6) is 0 Å². The number of fused-ring (bicyclic) bond motifs is 1. The van der Waals surface area contributed by atoms with Gasteiger partial charge in [0.05, 0.1) is 9.40 Å². The number of hydrogen-bond acceptors (Lipinski definition) is 5. The minimum atomic E-state index is -0.362. The molecule has 0 bridgehead atoms. The molecule has 0 amide bonds. The normalized spacial score (nSPS) is 26.4. The lowest BCUT2D eigenvalue weighted by molar-refractivity contribution is -0.384. The van der Waals surface area contributed by atoms with Gasteiger partial charge in [-0.05, 0) is 27.8 Å². The maximum absolute atomic E-state index is 11.1. The zero-order chi connectivity index (χ0) is 12.7. The van der Waals surface area contributed by atoms with Gasteiger partial charge in [0.25, 0.3) is 0 Å². The molecule has 3 heterocycles. The molecule has 2 atom stereocenters. The number of pyridine rings is 1. The van der Waals surface area contributed by atoms with E-state index < -0.39 is 0 Å². The summed E-state index contributed by atoms with van der Waals surface area (Å²) in [6, 6.07) is 0. The van der Waals surface area contributed by atoms with Gasteiger partial charge in [0.1, 0.15) is 11.9 Å². The van der Waals surface area contributed by atoms with Crippen molar-refractivity contribution in [3.05, 3.63) is 27.0 Å². The SMILES string of the molecule is O=[N+]([O-])c1cncc(Br)c1N1CC2CNCC2C1. The number of halogens is 1. The van der Waals surface area contributed by atoms with E-state index in [0.717, 1.165) is 26.2 Å². The fourth-order valence-electron chi connectivity index (χ4n) is 2.90. The third-order valence-corrected chi connectivity index (χ3v) is 4.34. The Morgan fingerprint density at radius 1 is 1.39 bits per heavy atom. The average molecular weight is 313 g/mol. The smallest absolute Gasteiger partial charge is 0.311 e. The van der Waals surface area contributed by atoms with Crippen LogP contribution < -0.4 is 10.2 Å². The van der Waals surface area contributed by atoms with Gasteiger partial charge in [-0.3, -0.25) is 15.1 Å². The van der Waals surface area contributed by atoms with Crippen molar-refractivity contribution in [3.8, 4) is 0 Å². The molecule has 96 valence electrons. The predicted octanol–water partition coefficient (Wildman–Crippen LogP) is 1.41. The van der Waals surface area contributed by atoms with Crippen LogP contribution in [0.25, 0.3) is 0 Å². The molecule has 6 nitrogen and oxygen atoms in total. The Balaban J connectivity index is 1.95. The molecule has 1 aromatic rings. The lowest BCUT2D eigenvalue weighted by atomic mass is 10.0. The van der Waals surface area contributed by atoms with E-state index in [4.69, 9.17) is 0 Å². The van der Waals surface area contributed by atoms with Crippen LogP contribution >= 0.6 is 15.9 Å². The summed E-state index contributed by atoms with van der Waals surface area (Å²) in [5.74, 6) is 1.20. The Hall–Kier alpha value is -1.21. The second-order valence-electron chi connectivity index (χ2n) is 4.83. The van der Waals surface area contributed by atoms with Crippen LogP contribution in [0, 0.1) is 22.0 Å². The Kier molecular flexibility index (Phi) is 2.95. The van der Waals surface area contributed by atoms with Gasteiger partial charge in [-0.2, -0.15) is 0 Å². The van der Waals surface area contributed by atoms with Gasteiger partial charge >= 0.3 is 5.69 Å². The molecule has 0 radical (unpaired) electrons. The largest absolute Gasteiger partial charge is 0.364 e. The second kappa shape index (κ2) is 4.47. The Morgan fingerprint density at radius 3 is 2.67 bits per heavy atom. The highest BCUT2D eigenvalue weighted by Crippen LogP contribution is 2.39. The van der Waals surface area contributed by atoms with E-state index in [2.05, 4.69) is 31.1 Å². The molecular formula is C11H13BrN4O2. The molecule has 18 heavy (non-hydrogen) atoms. The zero-order valence-corrected chi connectivity index (χ0v) is 11.3. The molecular weight excluding hydrogens is 300 g/mol. The fourth-order valence-corrected chi connectivity index (χ4v) is 3.47. The minimum Gasteiger partial charge on any atom is -0.364 e. The predicted molar refractivity (Wildman–Crippen MR) is 70.7 cm³/mol. The molecule has 2 unspecified atom stereocenters. The average Bonchev–Trinajstić information content (AvgIpc) is 2.88. The number of hydrogen-bond donors (Lipinski definition) is 1. The van der Waals surface area contributed by atoms with Crippen molar-refractivity contribution in [3.63, 3.8) is 0 Å². The molecule has 0 spiro atoms. The number of nitrogens with zero attached hydrogens (tertiary/aromatic N) is 3.